The molecule has 2 aromatic heterocycles. The van der Waals surface area contributed by atoms with Gasteiger partial charge in [-0.3, -0.25) is 4.79 Å². The third kappa shape index (κ3) is 3.71. The molecule has 124 valence electrons. The van der Waals surface area contributed by atoms with Gasteiger partial charge in [0.25, 0.3) is 5.91 Å². The summed E-state index contributed by atoms with van der Waals surface area (Å²) in [4.78, 5) is 13.7. The zero-order chi connectivity index (χ0) is 16.9. The van der Waals surface area contributed by atoms with E-state index < -0.39 is 0 Å². The molecule has 0 saturated carbocycles. The molecule has 1 atom stereocenters. The highest BCUT2D eigenvalue weighted by Crippen LogP contribution is 2.28. The number of benzene rings is 1. The van der Waals surface area contributed by atoms with E-state index in [0.29, 0.717) is 17.9 Å². The Hall–Kier alpha value is -2.05. The van der Waals surface area contributed by atoms with Crippen molar-refractivity contribution in [1.29, 1.82) is 0 Å². The van der Waals surface area contributed by atoms with Crippen LogP contribution in [0.4, 0.5) is 0 Å². The second-order valence-corrected chi connectivity index (χ2v) is 6.97. The average Bonchev–Trinajstić information content (AvgIpc) is 3.29. The van der Waals surface area contributed by atoms with E-state index in [-0.39, 0.29) is 11.8 Å². The van der Waals surface area contributed by atoms with Gasteiger partial charge in [-0.2, -0.15) is 0 Å². The van der Waals surface area contributed by atoms with Gasteiger partial charge in [-0.15, -0.1) is 11.3 Å². The summed E-state index contributed by atoms with van der Waals surface area (Å²) >= 11 is 5.06. The summed E-state index contributed by atoms with van der Waals surface area (Å²) in [5.41, 5.74) is 0.540. The van der Waals surface area contributed by atoms with Crippen molar-refractivity contribution in [1.82, 2.24) is 5.32 Å². The first kappa shape index (κ1) is 16.8. The summed E-state index contributed by atoms with van der Waals surface area (Å²) < 4.78 is 11.5. The number of hydrogen-bond acceptors (Lipinski definition) is 4. The van der Waals surface area contributed by atoms with Gasteiger partial charge in [0.05, 0.1) is 24.9 Å². The van der Waals surface area contributed by atoms with Gasteiger partial charge in [-0.25, -0.2) is 0 Å². The molecule has 0 radical (unpaired) electrons. The van der Waals surface area contributed by atoms with Crippen molar-refractivity contribution in [3.63, 3.8) is 0 Å². The summed E-state index contributed by atoms with van der Waals surface area (Å²) in [5, 5.41) is 5.01. The zero-order valence-electron chi connectivity index (χ0n) is 13.0. The Labute approximate surface area is 152 Å². The lowest BCUT2D eigenvalue weighted by Crippen LogP contribution is -2.28. The smallest absolute Gasteiger partial charge is 0.252 e. The van der Waals surface area contributed by atoms with Crippen LogP contribution in [0, 0.1) is 0 Å². The Morgan fingerprint density at radius 2 is 2.21 bits per heavy atom. The molecule has 0 saturated heterocycles. The highest BCUT2D eigenvalue weighted by molar-refractivity contribution is 9.10. The number of carbonyl (C=O) groups excluding carboxylic acids is 1. The van der Waals surface area contributed by atoms with E-state index >= 15 is 0 Å². The molecule has 3 aromatic rings. The lowest BCUT2D eigenvalue weighted by atomic mass is 10.0. The van der Waals surface area contributed by atoms with E-state index in [1.54, 1.807) is 42.9 Å². The molecule has 0 aliphatic carbocycles. The third-order valence-electron chi connectivity index (χ3n) is 3.66. The van der Waals surface area contributed by atoms with Crippen LogP contribution >= 0.6 is 27.3 Å². The first-order chi connectivity index (χ1) is 11.7. The summed E-state index contributed by atoms with van der Waals surface area (Å²) in [6, 6.07) is 13.2. The van der Waals surface area contributed by atoms with Crippen LogP contribution in [-0.2, 0) is 0 Å². The Balaban J connectivity index is 1.77. The zero-order valence-corrected chi connectivity index (χ0v) is 15.4. The van der Waals surface area contributed by atoms with Crippen molar-refractivity contribution >= 4 is 33.2 Å². The number of methoxy groups -OCH3 is 1. The van der Waals surface area contributed by atoms with Crippen molar-refractivity contribution in [2.45, 2.75) is 5.92 Å². The molecule has 0 aliphatic heterocycles. The molecular weight excluding hydrogens is 390 g/mol. The number of amides is 1. The minimum Gasteiger partial charge on any atom is -0.497 e. The number of nitrogens with one attached hydrogen (secondary N) is 1. The lowest BCUT2D eigenvalue weighted by molar-refractivity contribution is 0.0951. The van der Waals surface area contributed by atoms with Gasteiger partial charge in [-0.05, 0) is 57.7 Å². The van der Waals surface area contributed by atoms with E-state index in [1.807, 2.05) is 29.6 Å². The highest BCUT2D eigenvalue weighted by Gasteiger charge is 2.20. The maximum absolute atomic E-state index is 12.6. The molecule has 0 spiro atoms. The number of hydrogen-bond donors (Lipinski definition) is 1. The predicted octanol–water partition coefficient (Wildman–Crippen LogP) is 4.67. The van der Waals surface area contributed by atoms with E-state index in [4.69, 9.17) is 9.15 Å². The fourth-order valence-corrected chi connectivity index (χ4v) is 3.68. The lowest BCUT2D eigenvalue weighted by Gasteiger charge is -2.15. The Bertz CT molecular complexity index is 766. The van der Waals surface area contributed by atoms with Crippen LogP contribution in [0.15, 0.2) is 63.0 Å². The van der Waals surface area contributed by atoms with Crippen LogP contribution in [0.5, 0.6) is 5.75 Å². The molecule has 1 unspecified atom stereocenters. The standard InChI is InChI=1S/C18H16BrNO3S/c1-22-12-6-7-15(19)13(10-12)18(21)20-11-14(16-4-2-8-23-16)17-5-3-9-24-17/h2-10,14H,11H2,1H3,(H,20,21). The molecule has 2 heterocycles. The summed E-state index contributed by atoms with van der Waals surface area (Å²) in [6.07, 6.45) is 1.65. The molecule has 1 N–H and O–H groups in total. The first-order valence-corrected chi connectivity index (χ1v) is 9.05. The second kappa shape index (κ2) is 7.68. The number of ether oxygens (including phenoxy) is 1. The van der Waals surface area contributed by atoms with Gasteiger partial charge in [0.15, 0.2) is 0 Å². The predicted molar refractivity (Wildman–Crippen MR) is 97.9 cm³/mol. The van der Waals surface area contributed by atoms with Crippen molar-refractivity contribution in [2.24, 2.45) is 0 Å². The molecule has 0 aliphatic rings. The van der Waals surface area contributed by atoms with E-state index in [1.165, 1.54) is 0 Å². The van der Waals surface area contributed by atoms with Crippen molar-refractivity contribution in [3.8, 4) is 5.75 Å². The molecule has 3 rings (SSSR count). The van der Waals surface area contributed by atoms with Gasteiger partial charge in [0.1, 0.15) is 11.5 Å². The SMILES string of the molecule is COc1ccc(Br)c(C(=O)NCC(c2ccco2)c2cccs2)c1. The molecule has 1 aromatic carbocycles. The molecule has 4 nitrogen and oxygen atoms in total. The Kier molecular flexibility index (Phi) is 5.37. The minimum absolute atomic E-state index is 0.00617. The topological polar surface area (TPSA) is 51.5 Å². The number of rotatable bonds is 6. The van der Waals surface area contributed by atoms with E-state index in [2.05, 4.69) is 21.2 Å². The Morgan fingerprint density at radius 1 is 1.33 bits per heavy atom. The molecular formula is C18H16BrNO3S. The normalized spacial score (nSPS) is 11.9. The quantitative estimate of drug-likeness (QED) is 0.647. The van der Waals surface area contributed by atoms with Gasteiger partial charge < -0.3 is 14.5 Å². The van der Waals surface area contributed by atoms with Crippen molar-refractivity contribution in [3.05, 3.63) is 74.8 Å². The van der Waals surface area contributed by atoms with Gasteiger partial charge in [0.2, 0.25) is 0 Å². The largest absolute Gasteiger partial charge is 0.497 e. The third-order valence-corrected chi connectivity index (χ3v) is 5.34. The van der Waals surface area contributed by atoms with Crippen molar-refractivity contribution < 1.29 is 13.9 Å². The number of furan rings is 1. The van der Waals surface area contributed by atoms with E-state index in [0.717, 1.165) is 15.1 Å². The Morgan fingerprint density at radius 3 is 2.88 bits per heavy atom. The molecule has 0 bridgehead atoms. The van der Waals surface area contributed by atoms with Crippen LogP contribution in [0.1, 0.15) is 26.9 Å². The number of carbonyl (C=O) groups is 1. The molecule has 0 fully saturated rings. The van der Waals surface area contributed by atoms with Gasteiger partial charge >= 0.3 is 0 Å². The fourth-order valence-electron chi connectivity index (χ4n) is 2.42. The van der Waals surface area contributed by atoms with Gasteiger partial charge in [-0.1, -0.05) is 6.07 Å². The maximum atomic E-state index is 12.6. The summed E-state index contributed by atoms with van der Waals surface area (Å²) in [6.45, 7) is 0.455. The molecule has 24 heavy (non-hydrogen) atoms. The number of thiophene rings is 1. The maximum Gasteiger partial charge on any atom is 0.252 e. The fraction of sp³-hybridized carbons (Fsp3) is 0.167. The van der Waals surface area contributed by atoms with Crippen LogP contribution < -0.4 is 10.1 Å². The monoisotopic (exact) mass is 405 g/mol. The summed E-state index contributed by atoms with van der Waals surface area (Å²) in [7, 11) is 1.58. The van der Waals surface area contributed by atoms with Gasteiger partial charge in [0, 0.05) is 15.9 Å². The van der Waals surface area contributed by atoms with Crippen LogP contribution in [-0.4, -0.2) is 19.6 Å². The average molecular weight is 406 g/mol. The van der Waals surface area contributed by atoms with Crippen molar-refractivity contribution in [2.75, 3.05) is 13.7 Å². The first-order valence-electron chi connectivity index (χ1n) is 7.37. The molecule has 1 amide bonds. The van der Waals surface area contributed by atoms with Crippen LogP contribution in [0.25, 0.3) is 0 Å². The molecule has 6 heteroatoms. The minimum atomic E-state index is -0.158. The number of halogens is 1. The van der Waals surface area contributed by atoms with Crippen LogP contribution in [0.2, 0.25) is 0 Å². The van der Waals surface area contributed by atoms with Crippen LogP contribution in [0.3, 0.4) is 0 Å². The highest BCUT2D eigenvalue weighted by atomic mass is 79.9. The second-order valence-electron chi connectivity index (χ2n) is 5.14. The summed E-state index contributed by atoms with van der Waals surface area (Å²) in [5.74, 6) is 1.31. The van der Waals surface area contributed by atoms with E-state index in [9.17, 15) is 4.79 Å².